The highest BCUT2D eigenvalue weighted by Crippen LogP contribution is 2.20. The van der Waals surface area contributed by atoms with E-state index < -0.39 is 0 Å². The van der Waals surface area contributed by atoms with E-state index in [1.807, 2.05) is 50.4 Å². The van der Waals surface area contributed by atoms with Crippen LogP contribution in [0.1, 0.15) is 44.2 Å². The Balaban J connectivity index is 2.43. The van der Waals surface area contributed by atoms with Crippen LogP contribution >= 0.6 is 0 Å². The second-order valence-corrected chi connectivity index (χ2v) is 5.62. The fraction of sp³-hybridized carbons (Fsp3) is 0.500. The normalized spacial score (nSPS) is 13.5. The van der Waals surface area contributed by atoms with Crippen LogP contribution in [0.2, 0.25) is 0 Å². The van der Waals surface area contributed by atoms with Gasteiger partial charge in [-0.05, 0) is 24.8 Å². The molecule has 3 heteroatoms. The number of benzene rings is 1. The predicted molar refractivity (Wildman–Crippen MR) is 88.8 cm³/mol. The van der Waals surface area contributed by atoms with Gasteiger partial charge in [-0.2, -0.15) is 0 Å². The highest BCUT2D eigenvalue weighted by molar-refractivity contribution is 5.79. The molecule has 1 aromatic carbocycles. The fourth-order valence-corrected chi connectivity index (χ4v) is 2.39. The van der Waals surface area contributed by atoms with Gasteiger partial charge in [0.25, 0.3) is 0 Å². The van der Waals surface area contributed by atoms with Gasteiger partial charge in [-0.1, -0.05) is 49.8 Å². The summed E-state index contributed by atoms with van der Waals surface area (Å²) < 4.78 is 0. The van der Waals surface area contributed by atoms with E-state index >= 15 is 0 Å². The summed E-state index contributed by atoms with van der Waals surface area (Å²) in [6.07, 6.45) is 6.29. The molecule has 0 heterocycles. The lowest BCUT2D eigenvalue weighted by molar-refractivity contribution is -0.134. The monoisotopic (exact) mass is 288 g/mol. The van der Waals surface area contributed by atoms with Gasteiger partial charge in [0.15, 0.2) is 0 Å². The molecule has 0 aromatic heterocycles. The fourth-order valence-electron chi connectivity index (χ4n) is 2.39. The molecule has 0 aliphatic heterocycles. The van der Waals surface area contributed by atoms with Crippen molar-refractivity contribution >= 4 is 5.91 Å². The number of nitrogens with two attached hydrogens (primary N) is 1. The summed E-state index contributed by atoms with van der Waals surface area (Å²) in [7, 11) is 1.87. The summed E-state index contributed by atoms with van der Waals surface area (Å²) in [5.74, 6) is -0.0827. The third-order valence-electron chi connectivity index (χ3n) is 3.89. The van der Waals surface area contributed by atoms with Gasteiger partial charge >= 0.3 is 0 Å². The number of unbranched alkanes of at least 4 members (excludes halogenated alkanes) is 3. The third kappa shape index (κ3) is 5.72. The first-order valence-electron chi connectivity index (χ1n) is 7.74. The van der Waals surface area contributed by atoms with Crippen LogP contribution in [0.5, 0.6) is 0 Å². The Kier molecular flexibility index (Phi) is 7.76. The smallest absolute Gasteiger partial charge is 0.227 e. The molecule has 2 N–H and O–H groups in total. The van der Waals surface area contributed by atoms with E-state index in [2.05, 4.69) is 6.58 Å². The number of hydrogen-bond donors (Lipinski definition) is 1. The minimum Gasteiger partial charge on any atom is -0.345 e. The molecule has 1 amide bonds. The van der Waals surface area contributed by atoms with Gasteiger partial charge in [0, 0.05) is 19.6 Å². The molecule has 2 unspecified atom stereocenters. The Bertz CT molecular complexity index is 430. The zero-order valence-corrected chi connectivity index (χ0v) is 13.3. The molecule has 21 heavy (non-hydrogen) atoms. The molecule has 1 aromatic rings. The quantitative estimate of drug-likeness (QED) is 0.558. The molecule has 0 saturated heterocycles. The van der Waals surface area contributed by atoms with Crippen molar-refractivity contribution in [3.8, 4) is 0 Å². The molecule has 0 fully saturated rings. The van der Waals surface area contributed by atoms with E-state index in [9.17, 15) is 4.79 Å². The number of nitrogens with zero attached hydrogens (tertiary/aromatic N) is 1. The van der Waals surface area contributed by atoms with Crippen molar-refractivity contribution in [2.75, 3.05) is 13.6 Å². The summed E-state index contributed by atoms with van der Waals surface area (Å²) in [5.41, 5.74) is 7.22. The number of carbonyl (C=O) groups excluding carboxylic acids is 1. The van der Waals surface area contributed by atoms with Gasteiger partial charge < -0.3 is 10.6 Å². The standard InChI is InChI=1S/C18H28N2O/c1-4-5-6-7-11-14-20(3)18(21)15(2)17(19)16-12-9-8-10-13-16/h4,8-10,12-13,15,17H,1,5-7,11,14,19H2,2-3H3. The Morgan fingerprint density at radius 1 is 1.29 bits per heavy atom. The summed E-state index contributed by atoms with van der Waals surface area (Å²) in [6, 6.07) is 9.57. The average Bonchev–Trinajstić information content (AvgIpc) is 2.53. The lowest BCUT2D eigenvalue weighted by Gasteiger charge is -2.25. The lowest BCUT2D eigenvalue weighted by atomic mass is 9.94. The van der Waals surface area contributed by atoms with E-state index in [0.717, 1.165) is 37.8 Å². The number of hydrogen-bond acceptors (Lipinski definition) is 2. The van der Waals surface area contributed by atoms with Crippen LogP contribution in [0.25, 0.3) is 0 Å². The van der Waals surface area contributed by atoms with Crippen LogP contribution in [-0.2, 0) is 4.79 Å². The van der Waals surface area contributed by atoms with Crippen LogP contribution in [0.4, 0.5) is 0 Å². The summed E-state index contributed by atoms with van der Waals surface area (Å²) in [5, 5.41) is 0. The van der Waals surface area contributed by atoms with Crippen LogP contribution in [0.3, 0.4) is 0 Å². The molecular formula is C18H28N2O. The summed E-state index contributed by atoms with van der Waals surface area (Å²) >= 11 is 0. The van der Waals surface area contributed by atoms with E-state index in [1.165, 1.54) is 0 Å². The van der Waals surface area contributed by atoms with Crippen molar-refractivity contribution in [3.63, 3.8) is 0 Å². The van der Waals surface area contributed by atoms with Crippen LogP contribution in [0.15, 0.2) is 43.0 Å². The van der Waals surface area contributed by atoms with E-state index in [1.54, 1.807) is 4.90 Å². The average molecular weight is 288 g/mol. The first-order chi connectivity index (χ1) is 10.1. The minimum absolute atomic E-state index is 0.120. The first-order valence-corrected chi connectivity index (χ1v) is 7.74. The van der Waals surface area contributed by atoms with Gasteiger partial charge in [0.1, 0.15) is 0 Å². The molecule has 0 spiro atoms. The van der Waals surface area contributed by atoms with Crippen molar-refractivity contribution < 1.29 is 4.79 Å². The van der Waals surface area contributed by atoms with Crippen molar-refractivity contribution in [2.45, 2.75) is 38.6 Å². The second-order valence-electron chi connectivity index (χ2n) is 5.62. The van der Waals surface area contributed by atoms with Gasteiger partial charge in [-0.15, -0.1) is 6.58 Å². The summed E-state index contributed by atoms with van der Waals surface area (Å²) in [4.78, 5) is 14.2. The molecule has 116 valence electrons. The van der Waals surface area contributed by atoms with Crippen LogP contribution in [0, 0.1) is 5.92 Å². The molecule has 1 rings (SSSR count). The van der Waals surface area contributed by atoms with E-state index in [4.69, 9.17) is 5.73 Å². The number of rotatable bonds is 9. The van der Waals surface area contributed by atoms with Crippen LogP contribution < -0.4 is 5.73 Å². The SMILES string of the molecule is C=CCCCCCN(C)C(=O)C(C)C(N)c1ccccc1. The molecule has 3 nitrogen and oxygen atoms in total. The van der Waals surface area contributed by atoms with Gasteiger partial charge in [0.2, 0.25) is 5.91 Å². The minimum atomic E-state index is -0.248. The predicted octanol–water partition coefficient (Wildman–Crippen LogP) is 3.53. The lowest BCUT2D eigenvalue weighted by Crippen LogP contribution is -2.37. The maximum absolute atomic E-state index is 12.4. The Labute approximate surface area is 128 Å². The number of carbonyl (C=O) groups is 1. The maximum atomic E-state index is 12.4. The maximum Gasteiger partial charge on any atom is 0.227 e. The molecule has 0 aliphatic carbocycles. The molecule has 2 atom stereocenters. The van der Waals surface area contributed by atoms with Crippen molar-refractivity contribution in [1.82, 2.24) is 4.90 Å². The highest BCUT2D eigenvalue weighted by atomic mass is 16.2. The van der Waals surface area contributed by atoms with Crippen LogP contribution in [-0.4, -0.2) is 24.4 Å². The second kappa shape index (κ2) is 9.35. The summed E-state index contributed by atoms with van der Waals surface area (Å²) in [6.45, 7) is 6.42. The molecule has 0 aliphatic rings. The third-order valence-corrected chi connectivity index (χ3v) is 3.89. The van der Waals surface area contributed by atoms with Crippen molar-refractivity contribution in [2.24, 2.45) is 11.7 Å². The zero-order valence-electron chi connectivity index (χ0n) is 13.3. The Morgan fingerprint density at radius 3 is 2.57 bits per heavy atom. The Morgan fingerprint density at radius 2 is 1.95 bits per heavy atom. The van der Waals surface area contributed by atoms with Gasteiger partial charge in [0.05, 0.1) is 5.92 Å². The number of allylic oxidation sites excluding steroid dienone is 1. The topological polar surface area (TPSA) is 46.3 Å². The molecule has 0 radical (unpaired) electrons. The van der Waals surface area contributed by atoms with Gasteiger partial charge in [-0.25, -0.2) is 0 Å². The Hall–Kier alpha value is -1.61. The van der Waals surface area contributed by atoms with Crippen molar-refractivity contribution in [1.29, 1.82) is 0 Å². The molecule has 0 saturated carbocycles. The largest absolute Gasteiger partial charge is 0.345 e. The number of amides is 1. The van der Waals surface area contributed by atoms with Crippen molar-refractivity contribution in [3.05, 3.63) is 48.6 Å². The first kappa shape index (κ1) is 17.4. The zero-order chi connectivity index (χ0) is 15.7. The molecule has 0 bridgehead atoms. The molecular weight excluding hydrogens is 260 g/mol. The highest BCUT2D eigenvalue weighted by Gasteiger charge is 2.24. The van der Waals surface area contributed by atoms with Gasteiger partial charge in [-0.3, -0.25) is 4.79 Å². The van der Waals surface area contributed by atoms with E-state index in [-0.39, 0.29) is 17.9 Å². The van der Waals surface area contributed by atoms with E-state index in [0.29, 0.717) is 0 Å².